The van der Waals surface area contributed by atoms with E-state index in [1.807, 2.05) is 6.07 Å². The maximum absolute atomic E-state index is 14.1. The lowest BCUT2D eigenvalue weighted by Crippen LogP contribution is -2.16. The van der Waals surface area contributed by atoms with Crippen molar-refractivity contribution in [1.82, 2.24) is 19.6 Å². The predicted octanol–water partition coefficient (Wildman–Crippen LogP) is 6.77. The van der Waals surface area contributed by atoms with Gasteiger partial charge in [0.2, 0.25) is 0 Å². The molecule has 0 spiro atoms. The fourth-order valence-electron chi connectivity index (χ4n) is 5.11. The highest BCUT2D eigenvalue weighted by Crippen LogP contribution is 2.61. The summed E-state index contributed by atoms with van der Waals surface area (Å²) >= 11 is 6.11. The number of benzene rings is 2. The highest BCUT2D eigenvalue weighted by Gasteiger charge is 2.39. The van der Waals surface area contributed by atoms with Crippen LogP contribution in [0.25, 0.3) is 10.9 Å². The smallest absolute Gasteiger partial charge is 0.338 e. The van der Waals surface area contributed by atoms with Crippen LogP contribution in [0.1, 0.15) is 55.0 Å². The molecule has 2 heterocycles. The molecule has 2 aromatic heterocycles. The first-order chi connectivity index (χ1) is 17.4. The SMILES string of the molecule is CCOP(=O)(OCC)C(c1ccc(Cl)cc1)n1cc(Cn2c3c(c4cc(F)ccc42)CCCC3)nn1. The van der Waals surface area contributed by atoms with Gasteiger partial charge < -0.3 is 13.6 Å². The van der Waals surface area contributed by atoms with Gasteiger partial charge in [0, 0.05) is 21.6 Å². The molecule has 5 rings (SSSR count). The minimum absolute atomic E-state index is 0.223. The first-order valence-corrected chi connectivity index (χ1v) is 14.3. The third-order valence-electron chi connectivity index (χ3n) is 6.55. The van der Waals surface area contributed by atoms with E-state index in [4.69, 9.17) is 20.6 Å². The van der Waals surface area contributed by atoms with E-state index >= 15 is 0 Å². The molecule has 4 aromatic rings. The molecule has 0 bridgehead atoms. The molecule has 2 aromatic carbocycles. The molecule has 36 heavy (non-hydrogen) atoms. The maximum atomic E-state index is 14.1. The van der Waals surface area contributed by atoms with Crippen LogP contribution in [-0.2, 0) is 33.0 Å². The minimum Gasteiger partial charge on any atom is -0.338 e. The third-order valence-corrected chi connectivity index (χ3v) is 9.18. The lowest BCUT2D eigenvalue weighted by Gasteiger charge is -2.26. The van der Waals surface area contributed by atoms with Crippen LogP contribution >= 0.6 is 19.2 Å². The lowest BCUT2D eigenvalue weighted by molar-refractivity contribution is 0.206. The van der Waals surface area contributed by atoms with Gasteiger partial charge in [0.05, 0.1) is 26.0 Å². The number of fused-ring (bicyclic) bond motifs is 3. The zero-order valence-corrected chi connectivity index (χ0v) is 22.0. The van der Waals surface area contributed by atoms with Crippen molar-refractivity contribution < 1.29 is 18.0 Å². The highest BCUT2D eigenvalue weighted by molar-refractivity contribution is 7.54. The van der Waals surface area contributed by atoms with Crippen LogP contribution in [0.5, 0.6) is 0 Å². The second kappa shape index (κ2) is 10.5. The quantitative estimate of drug-likeness (QED) is 0.223. The molecule has 0 amide bonds. The number of hydrogen-bond acceptors (Lipinski definition) is 5. The van der Waals surface area contributed by atoms with Crippen molar-refractivity contribution in [3.8, 4) is 0 Å². The molecule has 1 unspecified atom stereocenters. The Morgan fingerprint density at radius 3 is 2.53 bits per heavy atom. The van der Waals surface area contributed by atoms with Crippen LogP contribution in [-0.4, -0.2) is 32.8 Å². The van der Waals surface area contributed by atoms with Gasteiger partial charge in [-0.2, -0.15) is 0 Å². The van der Waals surface area contributed by atoms with E-state index in [-0.39, 0.29) is 19.0 Å². The van der Waals surface area contributed by atoms with E-state index in [2.05, 4.69) is 14.9 Å². The predicted molar refractivity (Wildman–Crippen MR) is 138 cm³/mol. The van der Waals surface area contributed by atoms with Crippen molar-refractivity contribution in [2.24, 2.45) is 0 Å². The van der Waals surface area contributed by atoms with Crippen molar-refractivity contribution in [3.05, 3.63) is 82.0 Å². The number of aryl methyl sites for hydroxylation is 1. The normalized spacial score (nSPS) is 14.8. The molecule has 0 fully saturated rings. The first kappa shape index (κ1) is 25.2. The Hall–Kier alpha value is -2.51. The molecule has 10 heteroatoms. The molecule has 1 atom stereocenters. The number of hydrogen-bond donors (Lipinski definition) is 0. The number of nitrogens with zero attached hydrogens (tertiary/aromatic N) is 4. The van der Waals surface area contributed by atoms with E-state index in [0.717, 1.165) is 36.6 Å². The van der Waals surface area contributed by atoms with E-state index in [1.165, 1.54) is 17.3 Å². The van der Waals surface area contributed by atoms with Crippen LogP contribution in [0.2, 0.25) is 5.02 Å². The van der Waals surface area contributed by atoms with Gasteiger partial charge in [0.1, 0.15) is 11.5 Å². The number of rotatable bonds is 9. The van der Waals surface area contributed by atoms with Crippen LogP contribution in [0, 0.1) is 5.82 Å². The summed E-state index contributed by atoms with van der Waals surface area (Å²) in [6.07, 6.45) is 5.87. The largest absolute Gasteiger partial charge is 0.359 e. The molecule has 0 radical (unpaired) electrons. The van der Waals surface area contributed by atoms with Gasteiger partial charge in [0.25, 0.3) is 0 Å². The van der Waals surface area contributed by atoms with Gasteiger partial charge in [-0.05, 0) is 81.0 Å². The molecular formula is C26H29ClFN4O3P. The molecule has 1 aliphatic rings. The summed E-state index contributed by atoms with van der Waals surface area (Å²) in [5.74, 6) is -1.05. The molecule has 1 aliphatic carbocycles. The van der Waals surface area contributed by atoms with E-state index in [9.17, 15) is 8.96 Å². The summed E-state index contributed by atoms with van der Waals surface area (Å²) < 4.78 is 43.1. The van der Waals surface area contributed by atoms with Gasteiger partial charge in [-0.3, -0.25) is 4.57 Å². The van der Waals surface area contributed by atoms with Gasteiger partial charge in [0.15, 0.2) is 5.78 Å². The number of aromatic nitrogens is 4. The van der Waals surface area contributed by atoms with Crippen LogP contribution in [0.3, 0.4) is 0 Å². The zero-order valence-electron chi connectivity index (χ0n) is 20.4. The maximum Gasteiger partial charge on any atom is 0.359 e. The summed E-state index contributed by atoms with van der Waals surface area (Å²) in [7, 11) is -3.64. The molecule has 190 valence electrons. The summed E-state index contributed by atoms with van der Waals surface area (Å²) in [5.41, 5.74) is 4.82. The summed E-state index contributed by atoms with van der Waals surface area (Å²) in [4.78, 5) is 0. The molecule has 0 aliphatic heterocycles. The van der Waals surface area contributed by atoms with Crippen molar-refractivity contribution >= 4 is 30.1 Å². The van der Waals surface area contributed by atoms with Crippen molar-refractivity contribution in [3.63, 3.8) is 0 Å². The Bertz CT molecular complexity index is 1410. The van der Waals surface area contributed by atoms with Crippen molar-refractivity contribution in [2.75, 3.05) is 13.2 Å². The Morgan fingerprint density at radius 2 is 1.81 bits per heavy atom. The van der Waals surface area contributed by atoms with E-state index in [1.54, 1.807) is 55.1 Å². The monoisotopic (exact) mass is 530 g/mol. The average molecular weight is 531 g/mol. The summed E-state index contributed by atoms with van der Waals surface area (Å²) in [6.45, 7) is 4.47. The standard InChI is InChI=1S/C26H29ClFN4O3P/c1-3-34-36(33,35-4-2)26(18-9-11-19(27)12-10-18)32-17-21(29-30-32)16-31-24-8-6-5-7-22(24)23-15-20(28)13-14-25(23)31/h9-15,17,26H,3-8,16H2,1-2H3. The zero-order chi connectivity index (χ0) is 25.3. The Labute approximate surface area is 214 Å². The van der Waals surface area contributed by atoms with Gasteiger partial charge >= 0.3 is 7.60 Å². The van der Waals surface area contributed by atoms with Gasteiger partial charge in [-0.15, -0.1) is 5.10 Å². The Balaban J connectivity index is 1.55. The van der Waals surface area contributed by atoms with Crippen molar-refractivity contribution in [1.29, 1.82) is 0 Å². The van der Waals surface area contributed by atoms with Crippen LogP contribution in [0.4, 0.5) is 4.39 Å². The third kappa shape index (κ3) is 4.75. The summed E-state index contributed by atoms with van der Waals surface area (Å²) in [6, 6.07) is 12.0. The van der Waals surface area contributed by atoms with E-state index < -0.39 is 13.4 Å². The highest BCUT2D eigenvalue weighted by atomic mass is 35.5. The molecule has 0 N–H and O–H groups in total. The lowest BCUT2D eigenvalue weighted by atomic mass is 9.95. The molecule has 0 saturated heterocycles. The second-order valence-corrected chi connectivity index (χ2v) is 11.4. The second-order valence-electron chi connectivity index (χ2n) is 8.87. The van der Waals surface area contributed by atoms with Gasteiger partial charge in [-0.25, -0.2) is 9.07 Å². The number of halogens is 2. The minimum atomic E-state index is -3.64. The summed E-state index contributed by atoms with van der Waals surface area (Å²) in [5, 5.41) is 10.3. The van der Waals surface area contributed by atoms with Crippen LogP contribution in [0.15, 0.2) is 48.7 Å². The molecule has 0 saturated carbocycles. The average Bonchev–Trinajstić information content (AvgIpc) is 3.44. The van der Waals surface area contributed by atoms with E-state index in [0.29, 0.717) is 22.8 Å². The fourth-order valence-corrected chi connectivity index (χ4v) is 7.25. The topological polar surface area (TPSA) is 71.2 Å². The fraction of sp³-hybridized carbons (Fsp3) is 0.385. The van der Waals surface area contributed by atoms with Crippen LogP contribution < -0.4 is 0 Å². The van der Waals surface area contributed by atoms with Gasteiger partial charge in [-0.1, -0.05) is 28.9 Å². The first-order valence-electron chi connectivity index (χ1n) is 12.3. The molecular weight excluding hydrogens is 502 g/mol. The van der Waals surface area contributed by atoms with Crippen molar-refractivity contribution in [2.45, 2.75) is 51.9 Å². The molecule has 7 nitrogen and oxygen atoms in total. The Kier molecular flexibility index (Phi) is 7.31. The Morgan fingerprint density at radius 1 is 1.08 bits per heavy atom.